The van der Waals surface area contributed by atoms with Crippen molar-refractivity contribution in [3.05, 3.63) is 0 Å². The number of hydrogen-bond donors (Lipinski definition) is 3. The number of unbranched alkanes of at least 4 members (excludes halogenated alkanes) is 1. The van der Waals surface area contributed by atoms with Gasteiger partial charge in [0.25, 0.3) is 0 Å². The van der Waals surface area contributed by atoms with Crippen LogP contribution in [0.2, 0.25) is 0 Å². The van der Waals surface area contributed by atoms with E-state index in [0.717, 1.165) is 12.8 Å². The average Bonchev–Trinajstić information content (AvgIpc) is 2.21. The number of hydrogen-bond acceptors (Lipinski definition) is 3. The second-order valence-corrected chi connectivity index (χ2v) is 3.42. The molecule has 4 nitrogen and oxygen atoms in total. The van der Waals surface area contributed by atoms with Crippen LogP contribution in [0.5, 0.6) is 0 Å². The zero-order valence-corrected chi connectivity index (χ0v) is 9.10. The zero-order chi connectivity index (χ0) is 12.6. The lowest BCUT2D eigenvalue weighted by molar-refractivity contribution is -0.120. The van der Waals surface area contributed by atoms with E-state index >= 15 is 0 Å². The summed E-state index contributed by atoms with van der Waals surface area (Å²) in [6.45, 7) is 2.74. The van der Waals surface area contributed by atoms with E-state index in [9.17, 15) is 4.79 Å². The smallest absolute Gasteiger partial charge is 0.234 e. The molecule has 0 radical (unpaired) electrons. The Morgan fingerprint density at radius 1 is 1.57 bits per heavy atom. The first-order valence-electron chi connectivity index (χ1n) is 6.14. The van der Waals surface area contributed by atoms with E-state index in [2.05, 4.69) is 10.6 Å². The molecule has 0 aliphatic rings. The van der Waals surface area contributed by atoms with Gasteiger partial charge in [-0.25, -0.2) is 0 Å². The number of carbonyl (C=O) groups is 1. The molecule has 0 aromatic heterocycles. The Morgan fingerprint density at radius 2 is 2.29 bits per heavy atom. The lowest BCUT2D eigenvalue weighted by Crippen LogP contribution is -2.40. The van der Waals surface area contributed by atoms with Gasteiger partial charge < -0.3 is 16.4 Å². The van der Waals surface area contributed by atoms with Crippen LogP contribution in [0.25, 0.3) is 0 Å². The van der Waals surface area contributed by atoms with Crippen molar-refractivity contribution in [3.8, 4) is 0 Å². The second-order valence-electron chi connectivity index (χ2n) is 3.42. The monoisotopic (exact) mass is 203 g/mol. The Labute approximate surface area is 89.4 Å². The third-order valence-corrected chi connectivity index (χ3v) is 1.65. The SMILES string of the molecule is [2H]C([2H])(CCCC)NCC(=O)NCC(C)N. The summed E-state index contributed by atoms with van der Waals surface area (Å²) >= 11 is 0. The number of carbonyl (C=O) groups excluding carboxylic acids is 1. The first-order valence-corrected chi connectivity index (χ1v) is 5.14. The van der Waals surface area contributed by atoms with Crippen LogP contribution in [0.3, 0.4) is 0 Å². The van der Waals surface area contributed by atoms with Gasteiger partial charge in [0.2, 0.25) is 5.91 Å². The molecule has 0 heterocycles. The first-order chi connectivity index (χ1) is 7.37. The molecule has 0 aromatic carbocycles. The minimum absolute atomic E-state index is 0.0105. The van der Waals surface area contributed by atoms with Crippen LogP contribution < -0.4 is 16.4 Å². The van der Waals surface area contributed by atoms with Crippen LogP contribution in [-0.4, -0.2) is 31.5 Å². The lowest BCUT2D eigenvalue weighted by atomic mass is 10.2. The second kappa shape index (κ2) is 8.97. The van der Waals surface area contributed by atoms with E-state index in [4.69, 9.17) is 8.48 Å². The maximum absolute atomic E-state index is 11.3. The Balaban J connectivity index is 3.72. The van der Waals surface area contributed by atoms with Gasteiger partial charge in [0.05, 0.1) is 6.54 Å². The Bertz CT molecular complexity index is 210. The highest BCUT2D eigenvalue weighted by molar-refractivity contribution is 5.77. The summed E-state index contributed by atoms with van der Waals surface area (Å²) in [7, 11) is 0. The minimum Gasteiger partial charge on any atom is -0.353 e. The fourth-order valence-corrected chi connectivity index (χ4v) is 0.834. The van der Waals surface area contributed by atoms with E-state index in [1.807, 2.05) is 6.92 Å². The van der Waals surface area contributed by atoms with E-state index < -0.39 is 6.50 Å². The Morgan fingerprint density at radius 3 is 2.86 bits per heavy atom. The molecule has 4 heteroatoms. The molecule has 84 valence electrons. The van der Waals surface area contributed by atoms with Gasteiger partial charge in [0.1, 0.15) is 0 Å². The molecule has 1 unspecified atom stereocenters. The lowest BCUT2D eigenvalue weighted by Gasteiger charge is -2.08. The van der Waals surface area contributed by atoms with Crippen molar-refractivity contribution < 1.29 is 7.54 Å². The molecule has 4 N–H and O–H groups in total. The molecule has 14 heavy (non-hydrogen) atoms. The van der Waals surface area contributed by atoms with Gasteiger partial charge in [-0.1, -0.05) is 19.8 Å². The molecule has 1 amide bonds. The van der Waals surface area contributed by atoms with Gasteiger partial charge in [0.15, 0.2) is 0 Å². The summed E-state index contributed by atoms with van der Waals surface area (Å²) in [6.07, 6.45) is 2.17. The van der Waals surface area contributed by atoms with Crippen molar-refractivity contribution in [3.63, 3.8) is 0 Å². The molecule has 0 bridgehead atoms. The van der Waals surface area contributed by atoms with Gasteiger partial charge in [0, 0.05) is 15.3 Å². The average molecular weight is 203 g/mol. The first kappa shape index (κ1) is 9.93. The predicted octanol–water partition coefficient (Wildman–Crippen LogP) is 0.230. The van der Waals surface area contributed by atoms with E-state index in [-0.39, 0.29) is 18.5 Å². The number of amides is 1. The Hall–Kier alpha value is -0.610. The van der Waals surface area contributed by atoms with E-state index in [0.29, 0.717) is 13.0 Å². The maximum Gasteiger partial charge on any atom is 0.234 e. The fourth-order valence-electron chi connectivity index (χ4n) is 0.834. The van der Waals surface area contributed by atoms with Crippen LogP contribution in [-0.2, 0) is 4.79 Å². The molecule has 0 fully saturated rings. The molecule has 0 saturated carbocycles. The Kier molecular flexibility index (Phi) is 6.36. The highest BCUT2D eigenvalue weighted by atomic mass is 16.1. The van der Waals surface area contributed by atoms with Crippen LogP contribution in [0.4, 0.5) is 0 Å². The highest BCUT2D eigenvalue weighted by Gasteiger charge is 2.00. The predicted molar refractivity (Wildman–Crippen MR) is 59.1 cm³/mol. The third-order valence-electron chi connectivity index (χ3n) is 1.65. The fraction of sp³-hybridized carbons (Fsp3) is 0.900. The van der Waals surface area contributed by atoms with Crippen LogP contribution in [0, 0.1) is 0 Å². The van der Waals surface area contributed by atoms with Crippen LogP contribution in [0.1, 0.15) is 35.9 Å². The van der Waals surface area contributed by atoms with Gasteiger partial charge in [-0.05, 0) is 19.8 Å². The van der Waals surface area contributed by atoms with E-state index in [1.165, 1.54) is 0 Å². The summed E-state index contributed by atoms with van der Waals surface area (Å²) in [5.41, 5.74) is 5.48. The normalized spacial score (nSPS) is 15.6. The number of nitrogens with two attached hydrogens (primary N) is 1. The van der Waals surface area contributed by atoms with Crippen molar-refractivity contribution in [1.29, 1.82) is 0 Å². The zero-order valence-electron chi connectivity index (χ0n) is 11.1. The summed E-state index contributed by atoms with van der Waals surface area (Å²) in [4.78, 5) is 11.3. The third kappa shape index (κ3) is 9.48. The van der Waals surface area contributed by atoms with E-state index in [1.54, 1.807) is 6.92 Å². The van der Waals surface area contributed by atoms with Gasteiger partial charge in [-0.2, -0.15) is 0 Å². The molecule has 0 aliphatic carbocycles. The van der Waals surface area contributed by atoms with Crippen molar-refractivity contribution in [2.75, 3.05) is 19.6 Å². The molecular formula is C10H23N3O. The molecule has 0 aromatic rings. The quantitative estimate of drug-likeness (QED) is 0.529. The minimum atomic E-state index is -1.47. The molecule has 0 rings (SSSR count). The number of nitrogens with one attached hydrogen (secondary N) is 2. The molecule has 0 saturated heterocycles. The van der Waals surface area contributed by atoms with Crippen molar-refractivity contribution >= 4 is 5.91 Å². The molecule has 1 atom stereocenters. The molecule has 0 aliphatic heterocycles. The van der Waals surface area contributed by atoms with Gasteiger partial charge in [-0.3, -0.25) is 4.79 Å². The molecule has 0 spiro atoms. The highest BCUT2D eigenvalue weighted by Crippen LogP contribution is 1.90. The van der Waals surface area contributed by atoms with Crippen molar-refractivity contribution in [2.45, 2.75) is 39.2 Å². The van der Waals surface area contributed by atoms with Crippen molar-refractivity contribution in [2.24, 2.45) is 5.73 Å². The molecular weight excluding hydrogens is 178 g/mol. The maximum atomic E-state index is 11.3. The van der Waals surface area contributed by atoms with Crippen molar-refractivity contribution in [1.82, 2.24) is 10.6 Å². The largest absolute Gasteiger partial charge is 0.353 e. The summed E-state index contributed by atoms with van der Waals surface area (Å²) < 4.78 is 15.2. The summed E-state index contributed by atoms with van der Waals surface area (Å²) in [6, 6.07) is -0.0826. The topological polar surface area (TPSA) is 67.2 Å². The van der Waals surface area contributed by atoms with Crippen LogP contribution >= 0.6 is 0 Å². The summed E-state index contributed by atoms with van der Waals surface area (Å²) in [5, 5.41) is 5.22. The standard InChI is InChI=1S/C10H23N3O/c1-3-4-5-6-12-8-10(14)13-7-9(2)11/h9,12H,3-8,11H2,1-2H3,(H,13,14)/i6D2. The summed E-state index contributed by atoms with van der Waals surface area (Å²) in [5.74, 6) is -0.224. The van der Waals surface area contributed by atoms with Gasteiger partial charge >= 0.3 is 0 Å². The number of rotatable bonds is 8. The van der Waals surface area contributed by atoms with Crippen LogP contribution in [0.15, 0.2) is 0 Å². The van der Waals surface area contributed by atoms with Gasteiger partial charge in [-0.15, -0.1) is 0 Å².